The number of carbonyl (C=O) groups is 1. The second-order valence-electron chi connectivity index (χ2n) is 19.3. The standard InChI is InChI=1S/C29H32F2N6O4S.C27H27F2N7O3/c1-4-40-21-14-23(30)22(24(31)15-21)17-37-27(19-6-7-19)18(2)26(36-37)29-33-16-25(41-12-5-13-42(3,38)39)28(35-29)34-20-8-10-32-11-9-20;1-4-39-16-9-19(28)18(20(29)10-16)13-36-24(15-5-6-15)14(2)23(35-36)27-32-12-22(38-3)26(34-27)33-21-7-8-31-11-17(21)25(30)37/h8-11,14-16,19H,4-7,12-13,17H2,1-3H3,(H,32,33,34,35);7-12,15H,4-6,13H2,1-3H3,(H2,30,37)(H,31,32,33,34). The SMILES string of the molecule is CCOc1cc(F)c(Cn2nc(-c3ncc(OC)c(Nc4ccncc4C(N)=O)n3)c(C)c2C2CC2)c(F)c1.CCOc1cc(F)c(Cn2nc(-c3ncc(OCCCS(C)(=O)=O)c(Nc4ccncc4)n3)c(C)c2C2CC2)c(F)c1. The van der Waals surface area contributed by atoms with Gasteiger partial charge >= 0.3 is 0 Å². The monoisotopic (exact) mass is 1130 g/mol. The molecule has 6 heterocycles. The lowest BCUT2D eigenvalue weighted by Gasteiger charge is -2.13. The normalized spacial score (nSPS) is 13.1. The van der Waals surface area contributed by atoms with Crippen LogP contribution in [0, 0.1) is 37.1 Å². The highest BCUT2D eigenvalue weighted by molar-refractivity contribution is 7.90. The fourth-order valence-corrected chi connectivity index (χ4v) is 9.75. The molecule has 0 bridgehead atoms. The molecule has 20 nitrogen and oxygen atoms in total. The van der Waals surface area contributed by atoms with E-state index in [4.69, 9.17) is 39.9 Å². The first-order valence-corrected chi connectivity index (χ1v) is 28.1. The predicted octanol–water partition coefficient (Wildman–Crippen LogP) is 9.70. The highest BCUT2D eigenvalue weighted by Gasteiger charge is 2.34. The zero-order valence-electron chi connectivity index (χ0n) is 45.3. The van der Waals surface area contributed by atoms with Crippen LogP contribution >= 0.6 is 0 Å². The molecule has 8 aromatic rings. The van der Waals surface area contributed by atoms with Gasteiger partial charge in [-0.05, 0) is 78.0 Å². The summed E-state index contributed by atoms with van der Waals surface area (Å²) in [7, 11) is -1.65. The highest BCUT2D eigenvalue weighted by atomic mass is 32.2. The van der Waals surface area contributed by atoms with Crippen LogP contribution in [0.15, 0.2) is 79.6 Å². The zero-order valence-corrected chi connectivity index (χ0v) is 46.1. The molecule has 0 radical (unpaired) electrons. The van der Waals surface area contributed by atoms with E-state index in [2.05, 4.69) is 35.6 Å². The fraction of sp³-hybridized carbons (Fsp3) is 0.339. The van der Waals surface area contributed by atoms with Crippen molar-refractivity contribution in [2.75, 3.05) is 49.6 Å². The maximum atomic E-state index is 14.9. The molecule has 25 heteroatoms. The Labute approximate surface area is 464 Å². The largest absolute Gasteiger partial charge is 0.494 e. The smallest absolute Gasteiger partial charge is 0.252 e. The topological polar surface area (TPSA) is 251 Å². The van der Waals surface area contributed by atoms with Crippen LogP contribution in [-0.2, 0) is 22.9 Å². The van der Waals surface area contributed by atoms with Crippen LogP contribution in [0.4, 0.5) is 40.6 Å². The van der Waals surface area contributed by atoms with Gasteiger partial charge in [0, 0.05) is 106 Å². The molecule has 0 atom stereocenters. The van der Waals surface area contributed by atoms with E-state index in [1.165, 1.54) is 62.4 Å². The number of rotatable bonds is 23. The van der Waals surface area contributed by atoms with E-state index in [-0.39, 0.29) is 77.1 Å². The Morgan fingerprint density at radius 2 is 1.17 bits per heavy atom. The van der Waals surface area contributed by atoms with Crippen molar-refractivity contribution in [2.24, 2.45) is 5.73 Å². The Balaban J connectivity index is 0.000000196. The van der Waals surface area contributed by atoms with Crippen molar-refractivity contribution in [3.8, 4) is 46.0 Å². The number of benzene rings is 2. The molecule has 2 fully saturated rings. The van der Waals surface area contributed by atoms with Crippen molar-refractivity contribution in [1.82, 2.24) is 49.5 Å². The number of nitrogens with two attached hydrogens (primary N) is 1. The molecule has 2 aliphatic carbocycles. The second kappa shape index (κ2) is 24.7. The third kappa shape index (κ3) is 13.6. The first-order chi connectivity index (χ1) is 38.9. The number of hydrogen-bond donors (Lipinski definition) is 3. The van der Waals surface area contributed by atoms with Gasteiger partial charge in [0.2, 0.25) is 0 Å². The lowest BCUT2D eigenvalue weighted by Crippen LogP contribution is -2.14. The van der Waals surface area contributed by atoms with Crippen LogP contribution in [0.3, 0.4) is 0 Å². The number of anilines is 4. The third-order valence-corrected chi connectivity index (χ3v) is 14.3. The minimum Gasteiger partial charge on any atom is -0.494 e. The number of aromatic nitrogens is 10. The summed E-state index contributed by atoms with van der Waals surface area (Å²) in [4.78, 5) is 38.1. The number of nitrogens with zero attached hydrogens (tertiary/aromatic N) is 10. The van der Waals surface area contributed by atoms with Crippen molar-refractivity contribution >= 4 is 38.8 Å². The van der Waals surface area contributed by atoms with E-state index in [0.29, 0.717) is 65.5 Å². The molecule has 0 saturated heterocycles. The van der Waals surface area contributed by atoms with Gasteiger partial charge in [-0.25, -0.2) is 45.9 Å². The average Bonchev–Trinajstić information content (AvgIpc) is 4.58. The van der Waals surface area contributed by atoms with Crippen LogP contribution < -0.4 is 35.3 Å². The fourth-order valence-electron chi connectivity index (χ4n) is 9.11. The molecule has 2 aromatic carbocycles. The predicted molar refractivity (Wildman–Crippen MR) is 293 cm³/mol. The maximum Gasteiger partial charge on any atom is 0.252 e. The number of amides is 1. The molecule has 6 aromatic heterocycles. The number of hydrogen-bond acceptors (Lipinski definition) is 17. The zero-order chi connectivity index (χ0) is 57.5. The van der Waals surface area contributed by atoms with E-state index in [1.54, 1.807) is 53.8 Å². The molecule has 0 spiro atoms. The van der Waals surface area contributed by atoms with Crippen LogP contribution in [0.1, 0.15) is 102 Å². The Kier molecular flexibility index (Phi) is 17.4. The van der Waals surface area contributed by atoms with Crippen molar-refractivity contribution in [1.29, 1.82) is 0 Å². The van der Waals surface area contributed by atoms with E-state index in [9.17, 15) is 30.8 Å². The number of carbonyl (C=O) groups excluding carboxylic acids is 1. The molecular weight excluding hydrogens is 1070 g/mol. The second-order valence-corrected chi connectivity index (χ2v) is 21.6. The molecule has 4 N–H and O–H groups in total. The molecule has 2 saturated carbocycles. The summed E-state index contributed by atoms with van der Waals surface area (Å²) in [6, 6.07) is 9.85. The molecule has 10 rings (SSSR count). The number of methoxy groups -OCH3 is 1. The number of halogens is 4. The van der Waals surface area contributed by atoms with Crippen LogP contribution in [0.25, 0.3) is 23.0 Å². The molecule has 424 valence electrons. The molecule has 0 unspecified atom stereocenters. The number of ether oxygens (including phenoxy) is 4. The molecular formula is C56H59F4N13O7S. The Hall–Kier alpha value is -8.74. The van der Waals surface area contributed by atoms with Gasteiger partial charge in [0.05, 0.1) is 69.4 Å². The first kappa shape index (κ1) is 57.0. The van der Waals surface area contributed by atoms with Gasteiger partial charge in [-0.2, -0.15) is 10.2 Å². The van der Waals surface area contributed by atoms with Gasteiger partial charge < -0.3 is 35.3 Å². The van der Waals surface area contributed by atoms with E-state index >= 15 is 0 Å². The summed E-state index contributed by atoms with van der Waals surface area (Å²) in [5, 5.41) is 15.7. The van der Waals surface area contributed by atoms with Gasteiger partial charge in [-0.1, -0.05) is 0 Å². The summed E-state index contributed by atoms with van der Waals surface area (Å²) < 4.78 is 108. The Bertz CT molecular complexity index is 3660. The number of sulfone groups is 1. The van der Waals surface area contributed by atoms with Crippen molar-refractivity contribution in [2.45, 2.75) is 84.7 Å². The average molecular weight is 1130 g/mol. The summed E-state index contributed by atoms with van der Waals surface area (Å²) >= 11 is 0. The summed E-state index contributed by atoms with van der Waals surface area (Å²) in [5.74, 6) is -0.866. The van der Waals surface area contributed by atoms with Crippen LogP contribution in [-0.4, -0.2) is 103 Å². The van der Waals surface area contributed by atoms with Crippen molar-refractivity contribution in [3.05, 3.63) is 142 Å². The lowest BCUT2D eigenvalue weighted by molar-refractivity contribution is 0.100. The Morgan fingerprint density at radius 1 is 0.691 bits per heavy atom. The summed E-state index contributed by atoms with van der Waals surface area (Å²) in [6.45, 7) is 7.85. The van der Waals surface area contributed by atoms with E-state index in [0.717, 1.165) is 48.2 Å². The molecule has 0 aliphatic heterocycles. The molecule has 81 heavy (non-hydrogen) atoms. The highest BCUT2D eigenvalue weighted by Crippen LogP contribution is 2.45. The third-order valence-electron chi connectivity index (χ3n) is 13.2. The van der Waals surface area contributed by atoms with Crippen LogP contribution in [0.2, 0.25) is 0 Å². The van der Waals surface area contributed by atoms with Gasteiger partial charge in [0.15, 0.2) is 34.8 Å². The van der Waals surface area contributed by atoms with Gasteiger partial charge in [-0.3, -0.25) is 24.1 Å². The lowest BCUT2D eigenvalue weighted by atomic mass is 10.1. The number of primary amides is 1. The first-order valence-electron chi connectivity index (χ1n) is 26.1. The Morgan fingerprint density at radius 3 is 1.63 bits per heavy atom. The van der Waals surface area contributed by atoms with Gasteiger partial charge in [0.1, 0.15) is 56.0 Å². The van der Waals surface area contributed by atoms with Crippen LogP contribution in [0.5, 0.6) is 23.0 Å². The number of pyridine rings is 2. The van der Waals surface area contributed by atoms with Crippen molar-refractivity contribution < 1.29 is 49.7 Å². The van der Waals surface area contributed by atoms with E-state index in [1.807, 2.05) is 13.8 Å². The van der Waals surface area contributed by atoms with E-state index < -0.39 is 39.0 Å². The summed E-state index contributed by atoms with van der Waals surface area (Å²) in [6.07, 6.45) is 14.4. The van der Waals surface area contributed by atoms with Gasteiger partial charge in [0.25, 0.3) is 5.91 Å². The molecule has 1 amide bonds. The number of nitrogens with one attached hydrogen (secondary N) is 2. The molecule has 2 aliphatic rings. The maximum absolute atomic E-state index is 14.9. The van der Waals surface area contributed by atoms with Gasteiger partial charge in [-0.15, -0.1) is 0 Å². The minimum absolute atomic E-state index is 0.00479. The summed E-state index contributed by atoms with van der Waals surface area (Å²) in [5.41, 5.74) is 10.9. The minimum atomic E-state index is -3.12. The quantitative estimate of drug-likeness (QED) is 0.0398. The van der Waals surface area contributed by atoms with Crippen molar-refractivity contribution in [3.63, 3.8) is 0 Å².